The minimum absolute atomic E-state index is 0.0321. The lowest BCUT2D eigenvalue weighted by Gasteiger charge is -2.40. The van der Waals surface area contributed by atoms with E-state index in [-0.39, 0.29) is 11.9 Å². The van der Waals surface area contributed by atoms with Crippen molar-refractivity contribution in [1.29, 1.82) is 0 Å². The Kier molecular flexibility index (Phi) is 4.32. The Balaban J connectivity index is 1.94. The Morgan fingerprint density at radius 3 is 2.32 bits per heavy atom. The zero-order chi connectivity index (χ0) is 14.0. The van der Waals surface area contributed by atoms with Gasteiger partial charge in [0.25, 0.3) is 0 Å². The molecule has 2 fully saturated rings. The summed E-state index contributed by atoms with van der Waals surface area (Å²) in [5.74, 6) is 0.0203. The number of likely N-dealkylation sites (tertiary alicyclic amines) is 2. The molecule has 0 spiro atoms. The van der Waals surface area contributed by atoms with Gasteiger partial charge >= 0.3 is 12.0 Å². The lowest BCUT2D eigenvalue weighted by Crippen LogP contribution is -2.52. The van der Waals surface area contributed by atoms with E-state index in [0.717, 1.165) is 25.9 Å². The van der Waals surface area contributed by atoms with Crippen molar-refractivity contribution in [2.24, 2.45) is 17.8 Å². The fraction of sp³-hybridized carbons (Fsp3) is 0.857. The molecule has 2 unspecified atom stereocenters. The predicted octanol–water partition coefficient (Wildman–Crippen LogP) is 1.88. The molecule has 1 N–H and O–H groups in total. The van der Waals surface area contributed by atoms with Crippen LogP contribution in [-0.2, 0) is 4.79 Å². The normalized spacial score (nSPS) is 32.2. The van der Waals surface area contributed by atoms with Crippen LogP contribution in [0, 0.1) is 17.8 Å². The van der Waals surface area contributed by atoms with E-state index in [0.29, 0.717) is 31.3 Å². The fourth-order valence-corrected chi connectivity index (χ4v) is 2.99. The number of piperidine rings is 2. The van der Waals surface area contributed by atoms with E-state index >= 15 is 0 Å². The SMILES string of the molecule is CC1CCN(C(=O)N2CCC[C@H](C(=O)O)C2)CC1C. The first-order valence-corrected chi connectivity index (χ1v) is 7.25. The second kappa shape index (κ2) is 5.80. The maximum absolute atomic E-state index is 12.4. The van der Waals surface area contributed by atoms with Gasteiger partial charge in [-0.1, -0.05) is 13.8 Å². The fourth-order valence-electron chi connectivity index (χ4n) is 2.99. The molecule has 5 nitrogen and oxygen atoms in total. The summed E-state index contributed by atoms with van der Waals surface area (Å²) in [6.45, 7) is 7.08. The molecule has 3 atom stereocenters. The van der Waals surface area contributed by atoms with Crippen molar-refractivity contribution in [1.82, 2.24) is 9.80 Å². The van der Waals surface area contributed by atoms with E-state index in [1.54, 1.807) is 4.90 Å². The number of carboxylic acid groups (broad SMARTS) is 1. The smallest absolute Gasteiger partial charge is 0.320 e. The number of rotatable bonds is 1. The highest BCUT2D eigenvalue weighted by Crippen LogP contribution is 2.25. The molecule has 0 bridgehead atoms. The maximum atomic E-state index is 12.4. The first-order valence-electron chi connectivity index (χ1n) is 7.25. The van der Waals surface area contributed by atoms with Crippen LogP contribution in [0.2, 0.25) is 0 Å². The number of carbonyl (C=O) groups excluding carboxylic acids is 1. The molecular weight excluding hydrogens is 244 g/mol. The molecule has 5 heteroatoms. The lowest BCUT2D eigenvalue weighted by atomic mass is 9.89. The van der Waals surface area contributed by atoms with Gasteiger partial charge in [-0.15, -0.1) is 0 Å². The molecular formula is C14H24N2O3. The quantitative estimate of drug-likeness (QED) is 0.790. The van der Waals surface area contributed by atoms with Crippen LogP contribution < -0.4 is 0 Å². The van der Waals surface area contributed by atoms with Gasteiger partial charge in [0.2, 0.25) is 0 Å². The summed E-state index contributed by atoms with van der Waals surface area (Å²) in [7, 11) is 0. The van der Waals surface area contributed by atoms with Crippen LogP contribution in [0.5, 0.6) is 0 Å². The van der Waals surface area contributed by atoms with E-state index in [9.17, 15) is 9.59 Å². The minimum atomic E-state index is -0.780. The molecule has 108 valence electrons. The maximum Gasteiger partial charge on any atom is 0.320 e. The first kappa shape index (κ1) is 14.2. The van der Waals surface area contributed by atoms with E-state index in [4.69, 9.17) is 5.11 Å². The number of hydrogen-bond acceptors (Lipinski definition) is 2. The molecule has 0 radical (unpaired) electrons. The second-order valence-electron chi connectivity index (χ2n) is 6.10. The molecule has 2 rings (SSSR count). The molecule has 2 heterocycles. The molecule has 0 aromatic heterocycles. The monoisotopic (exact) mass is 268 g/mol. The number of amides is 2. The van der Waals surface area contributed by atoms with Gasteiger partial charge in [-0.2, -0.15) is 0 Å². The molecule has 0 aromatic rings. The van der Waals surface area contributed by atoms with Gasteiger partial charge in [-0.3, -0.25) is 4.79 Å². The minimum Gasteiger partial charge on any atom is -0.481 e. The predicted molar refractivity (Wildman–Crippen MR) is 71.8 cm³/mol. The topological polar surface area (TPSA) is 60.9 Å². The van der Waals surface area contributed by atoms with Gasteiger partial charge in [0.05, 0.1) is 5.92 Å². The highest BCUT2D eigenvalue weighted by molar-refractivity contribution is 5.76. The van der Waals surface area contributed by atoms with Gasteiger partial charge in [-0.05, 0) is 31.1 Å². The zero-order valence-corrected chi connectivity index (χ0v) is 11.8. The van der Waals surface area contributed by atoms with Crippen LogP contribution in [0.3, 0.4) is 0 Å². The van der Waals surface area contributed by atoms with Crippen molar-refractivity contribution in [2.75, 3.05) is 26.2 Å². The van der Waals surface area contributed by atoms with Gasteiger partial charge in [0, 0.05) is 26.2 Å². The number of urea groups is 1. The summed E-state index contributed by atoms with van der Waals surface area (Å²) < 4.78 is 0. The van der Waals surface area contributed by atoms with Crippen LogP contribution in [0.15, 0.2) is 0 Å². The summed E-state index contributed by atoms with van der Waals surface area (Å²) in [5.41, 5.74) is 0. The Morgan fingerprint density at radius 1 is 1.00 bits per heavy atom. The second-order valence-corrected chi connectivity index (χ2v) is 6.10. The molecule has 2 saturated heterocycles. The molecule has 2 amide bonds. The van der Waals surface area contributed by atoms with Gasteiger partial charge in [0.15, 0.2) is 0 Å². The number of nitrogens with zero attached hydrogens (tertiary/aromatic N) is 2. The van der Waals surface area contributed by atoms with E-state index in [1.807, 2.05) is 4.90 Å². The van der Waals surface area contributed by atoms with Crippen LogP contribution in [-0.4, -0.2) is 53.1 Å². The Bertz CT molecular complexity index is 359. The molecule has 0 saturated carbocycles. The summed E-state index contributed by atoms with van der Waals surface area (Å²) in [5, 5.41) is 9.07. The van der Waals surface area contributed by atoms with E-state index in [1.165, 1.54) is 0 Å². The van der Waals surface area contributed by atoms with Crippen LogP contribution in [0.4, 0.5) is 4.79 Å². The lowest BCUT2D eigenvalue weighted by molar-refractivity contribution is -0.143. The van der Waals surface area contributed by atoms with Crippen molar-refractivity contribution < 1.29 is 14.7 Å². The zero-order valence-electron chi connectivity index (χ0n) is 11.8. The molecule has 0 aromatic carbocycles. The molecule has 19 heavy (non-hydrogen) atoms. The number of hydrogen-bond donors (Lipinski definition) is 1. The van der Waals surface area contributed by atoms with Gasteiger partial charge < -0.3 is 14.9 Å². The van der Waals surface area contributed by atoms with Crippen molar-refractivity contribution in [2.45, 2.75) is 33.1 Å². The van der Waals surface area contributed by atoms with Gasteiger partial charge in [-0.25, -0.2) is 4.79 Å². The summed E-state index contributed by atoms with van der Waals surface area (Å²) in [6, 6.07) is 0.0321. The summed E-state index contributed by atoms with van der Waals surface area (Å²) in [4.78, 5) is 27.1. The highest BCUT2D eigenvalue weighted by Gasteiger charge is 2.33. The standard InChI is InChI=1S/C14H24N2O3/c1-10-5-7-16(8-11(10)2)14(19)15-6-3-4-12(9-15)13(17)18/h10-12H,3-9H2,1-2H3,(H,17,18)/t10?,11?,12-/m0/s1. The molecule has 2 aliphatic rings. The first-order chi connectivity index (χ1) is 8.99. The van der Waals surface area contributed by atoms with Gasteiger partial charge in [0.1, 0.15) is 0 Å². The third kappa shape index (κ3) is 3.19. The van der Waals surface area contributed by atoms with E-state index < -0.39 is 5.97 Å². The number of carboxylic acids is 1. The van der Waals surface area contributed by atoms with Crippen molar-refractivity contribution in [3.8, 4) is 0 Å². The third-order valence-electron chi connectivity index (χ3n) is 4.65. The average molecular weight is 268 g/mol. The molecule has 2 aliphatic heterocycles. The summed E-state index contributed by atoms with van der Waals surface area (Å²) >= 11 is 0. The Morgan fingerprint density at radius 2 is 1.68 bits per heavy atom. The Labute approximate surface area is 114 Å². The third-order valence-corrected chi connectivity index (χ3v) is 4.65. The Hall–Kier alpha value is -1.26. The number of aliphatic carboxylic acids is 1. The largest absolute Gasteiger partial charge is 0.481 e. The summed E-state index contributed by atoms with van der Waals surface area (Å²) in [6.07, 6.45) is 2.53. The van der Waals surface area contributed by atoms with Crippen LogP contribution in [0.1, 0.15) is 33.1 Å². The van der Waals surface area contributed by atoms with Crippen molar-refractivity contribution >= 4 is 12.0 Å². The van der Waals surface area contributed by atoms with Crippen molar-refractivity contribution in [3.63, 3.8) is 0 Å². The van der Waals surface area contributed by atoms with Crippen molar-refractivity contribution in [3.05, 3.63) is 0 Å². The van der Waals surface area contributed by atoms with Crippen LogP contribution in [0.25, 0.3) is 0 Å². The average Bonchev–Trinajstić information content (AvgIpc) is 2.41. The van der Waals surface area contributed by atoms with E-state index in [2.05, 4.69) is 13.8 Å². The van der Waals surface area contributed by atoms with Crippen LogP contribution >= 0.6 is 0 Å². The number of carbonyl (C=O) groups is 2. The highest BCUT2D eigenvalue weighted by atomic mass is 16.4. The molecule has 0 aliphatic carbocycles.